The monoisotopic (exact) mass is 191 g/mol. The number of nitrogens with zero attached hydrogens (tertiary/aromatic N) is 2. The van der Waals surface area contributed by atoms with Crippen LogP contribution in [0.25, 0.3) is 0 Å². The first-order valence-corrected chi connectivity index (χ1v) is 4.77. The van der Waals surface area contributed by atoms with Crippen LogP contribution in [0.5, 0.6) is 0 Å². The average Bonchev–Trinajstić information content (AvgIpc) is 2.15. The lowest BCUT2D eigenvalue weighted by Crippen LogP contribution is -2.24. The lowest BCUT2D eigenvalue weighted by molar-refractivity contribution is 0.876. The standard InChI is InChI=1S/C11H17N3/c1-4-6-14(5-2)11-9(3)7-10(12)8-13-11/h4,7-8H,1,5-6,12H2,2-3H3. The van der Waals surface area contributed by atoms with Gasteiger partial charge in [0, 0.05) is 13.1 Å². The van der Waals surface area contributed by atoms with Crippen molar-refractivity contribution in [1.82, 2.24) is 4.98 Å². The zero-order chi connectivity index (χ0) is 10.6. The lowest BCUT2D eigenvalue weighted by atomic mass is 10.2. The predicted octanol–water partition coefficient (Wildman–Crippen LogP) is 1.98. The molecular weight excluding hydrogens is 174 g/mol. The van der Waals surface area contributed by atoms with Gasteiger partial charge in [-0.3, -0.25) is 0 Å². The lowest BCUT2D eigenvalue weighted by Gasteiger charge is -2.21. The third kappa shape index (κ3) is 2.25. The van der Waals surface area contributed by atoms with Crippen molar-refractivity contribution in [2.75, 3.05) is 23.7 Å². The molecule has 0 aromatic carbocycles. The molecule has 76 valence electrons. The zero-order valence-corrected chi connectivity index (χ0v) is 8.83. The number of rotatable bonds is 4. The topological polar surface area (TPSA) is 42.2 Å². The Balaban J connectivity index is 2.97. The van der Waals surface area contributed by atoms with Crippen molar-refractivity contribution in [1.29, 1.82) is 0 Å². The van der Waals surface area contributed by atoms with Crippen molar-refractivity contribution >= 4 is 11.5 Å². The summed E-state index contributed by atoms with van der Waals surface area (Å²) in [6.07, 6.45) is 3.56. The second kappa shape index (κ2) is 4.65. The highest BCUT2D eigenvalue weighted by Crippen LogP contribution is 2.18. The van der Waals surface area contributed by atoms with E-state index in [0.717, 1.165) is 24.5 Å². The van der Waals surface area contributed by atoms with E-state index < -0.39 is 0 Å². The fourth-order valence-corrected chi connectivity index (χ4v) is 1.44. The largest absolute Gasteiger partial charge is 0.397 e. The van der Waals surface area contributed by atoms with E-state index in [2.05, 4.69) is 23.4 Å². The van der Waals surface area contributed by atoms with E-state index in [1.165, 1.54) is 0 Å². The fourth-order valence-electron chi connectivity index (χ4n) is 1.44. The minimum atomic E-state index is 0.709. The fraction of sp³-hybridized carbons (Fsp3) is 0.364. The molecule has 0 unspecified atom stereocenters. The van der Waals surface area contributed by atoms with E-state index in [1.807, 2.05) is 19.1 Å². The molecule has 0 spiro atoms. The molecule has 1 rings (SSSR count). The van der Waals surface area contributed by atoms with Gasteiger partial charge in [0.2, 0.25) is 0 Å². The molecule has 0 radical (unpaired) electrons. The van der Waals surface area contributed by atoms with E-state index >= 15 is 0 Å². The summed E-state index contributed by atoms with van der Waals surface area (Å²) in [7, 11) is 0. The van der Waals surface area contributed by atoms with Crippen LogP contribution >= 0.6 is 0 Å². The Kier molecular flexibility index (Phi) is 3.51. The molecule has 3 heteroatoms. The first-order valence-electron chi connectivity index (χ1n) is 4.77. The molecule has 0 atom stereocenters. The quantitative estimate of drug-likeness (QED) is 0.740. The molecule has 0 aliphatic heterocycles. The molecule has 0 aliphatic rings. The number of hydrogen-bond acceptors (Lipinski definition) is 3. The number of nitrogen functional groups attached to an aromatic ring is 1. The van der Waals surface area contributed by atoms with Gasteiger partial charge in [-0.2, -0.15) is 0 Å². The number of likely N-dealkylation sites (N-methyl/N-ethyl adjacent to an activating group) is 1. The number of hydrogen-bond donors (Lipinski definition) is 1. The maximum absolute atomic E-state index is 5.64. The van der Waals surface area contributed by atoms with Crippen LogP contribution < -0.4 is 10.6 Å². The molecular formula is C11H17N3. The van der Waals surface area contributed by atoms with Gasteiger partial charge >= 0.3 is 0 Å². The maximum atomic E-state index is 5.64. The van der Waals surface area contributed by atoms with Crippen LogP contribution in [0.15, 0.2) is 24.9 Å². The molecule has 0 saturated carbocycles. The van der Waals surface area contributed by atoms with Crippen LogP contribution in [0.1, 0.15) is 12.5 Å². The summed E-state index contributed by atoms with van der Waals surface area (Å²) in [6.45, 7) is 9.58. The molecule has 3 nitrogen and oxygen atoms in total. The minimum Gasteiger partial charge on any atom is -0.397 e. The molecule has 1 heterocycles. The van der Waals surface area contributed by atoms with E-state index in [0.29, 0.717) is 5.69 Å². The molecule has 0 fully saturated rings. The van der Waals surface area contributed by atoms with Crippen molar-refractivity contribution in [3.63, 3.8) is 0 Å². The van der Waals surface area contributed by atoms with Gasteiger partial charge in [0.15, 0.2) is 0 Å². The van der Waals surface area contributed by atoms with Crippen molar-refractivity contribution in [3.8, 4) is 0 Å². The molecule has 14 heavy (non-hydrogen) atoms. The van der Waals surface area contributed by atoms with Crippen LogP contribution in [-0.4, -0.2) is 18.1 Å². The van der Waals surface area contributed by atoms with Gasteiger partial charge in [-0.25, -0.2) is 4.98 Å². The number of aromatic nitrogens is 1. The van der Waals surface area contributed by atoms with Gasteiger partial charge in [-0.15, -0.1) is 6.58 Å². The second-order valence-electron chi connectivity index (χ2n) is 3.24. The van der Waals surface area contributed by atoms with Crippen LogP contribution in [-0.2, 0) is 0 Å². The molecule has 0 aliphatic carbocycles. The van der Waals surface area contributed by atoms with Crippen LogP contribution in [0.4, 0.5) is 11.5 Å². The van der Waals surface area contributed by atoms with Crippen molar-refractivity contribution in [3.05, 3.63) is 30.5 Å². The average molecular weight is 191 g/mol. The highest BCUT2D eigenvalue weighted by Gasteiger charge is 2.06. The highest BCUT2D eigenvalue weighted by atomic mass is 15.2. The number of anilines is 2. The van der Waals surface area contributed by atoms with Crippen LogP contribution in [0, 0.1) is 6.92 Å². The van der Waals surface area contributed by atoms with Crippen molar-refractivity contribution < 1.29 is 0 Å². The normalized spacial score (nSPS) is 9.86. The van der Waals surface area contributed by atoms with Crippen LogP contribution in [0.3, 0.4) is 0 Å². The summed E-state index contributed by atoms with van der Waals surface area (Å²) >= 11 is 0. The summed E-state index contributed by atoms with van der Waals surface area (Å²) in [6, 6.07) is 1.94. The third-order valence-electron chi connectivity index (χ3n) is 2.10. The summed E-state index contributed by atoms with van der Waals surface area (Å²) in [5, 5.41) is 0. The molecule has 1 aromatic heterocycles. The predicted molar refractivity (Wildman–Crippen MR) is 61.5 cm³/mol. The molecule has 0 saturated heterocycles. The van der Waals surface area contributed by atoms with Crippen molar-refractivity contribution in [2.24, 2.45) is 0 Å². The van der Waals surface area contributed by atoms with Gasteiger partial charge in [-0.1, -0.05) is 6.08 Å². The molecule has 1 aromatic rings. The third-order valence-corrected chi connectivity index (χ3v) is 2.10. The first kappa shape index (κ1) is 10.6. The van der Waals surface area contributed by atoms with E-state index in [9.17, 15) is 0 Å². The zero-order valence-electron chi connectivity index (χ0n) is 8.83. The van der Waals surface area contributed by atoms with Gasteiger partial charge in [-0.05, 0) is 25.5 Å². The van der Waals surface area contributed by atoms with Gasteiger partial charge < -0.3 is 10.6 Å². The Labute approximate surface area is 85.3 Å². The molecule has 0 amide bonds. The van der Waals surface area contributed by atoms with Gasteiger partial charge in [0.25, 0.3) is 0 Å². The Bertz CT molecular complexity index is 320. The van der Waals surface area contributed by atoms with Gasteiger partial charge in [0.05, 0.1) is 11.9 Å². The summed E-state index contributed by atoms with van der Waals surface area (Å²) in [4.78, 5) is 6.48. The first-order chi connectivity index (χ1) is 6.69. The Morgan fingerprint density at radius 3 is 2.86 bits per heavy atom. The number of nitrogens with two attached hydrogens (primary N) is 1. The number of aryl methyl sites for hydroxylation is 1. The second-order valence-corrected chi connectivity index (χ2v) is 3.24. The Morgan fingerprint density at radius 1 is 1.64 bits per heavy atom. The highest BCUT2D eigenvalue weighted by molar-refractivity contribution is 5.52. The van der Waals surface area contributed by atoms with Crippen LogP contribution in [0.2, 0.25) is 0 Å². The summed E-state index contributed by atoms with van der Waals surface area (Å²) in [5.74, 6) is 0.988. The van der Waals surface area contributed by atoms with E-state index in [4.69, 9.17) is 5.73 Å². The number of pyridine rings is 1. The van der Waals surface area contributed by atoms with E-state index in [-0.39, 0.29) is 0 Å². The van der Waals surface area contributed by atoms with E-state index in [1.54, 1.807) is 6.20 Å². The molecule has 2 N–H and O–H groups in total. The minimum absolute atomic E-state index is 0.709. The SMILES string of the molecule is C=CCN(CC)c1ncc(N)cc1C. The smallest absolute Gasteiger partial charge is 0.131 e. The van der Waals surface area contributed by atoms with Gasteiger partial charge in [0.1, 0.15) is 5.82 Å². The summed E-state index contributed by atoms with van der Waals surface area (Å²) < 4.78 is 0. The Hall–Kier alpha value is -1.51. The summed E-state index contributed by atoms with van der Waals surface area (Å²) in [5.41, 5.74) is 7.46. The maximum Gasteiger partial charge on any atom is 0.131 e. The Morgan fingerprint density at radius 2 is 2.36 bits per heavy atom. The van der Waals surface area contributed by atoms with Crippen molar-refractivity contribution in [2.45, 2.75) is 13.8 Å². The molecule has 0 bridgehead atoms.